The molecule has 0 aliphatic rings. The van der Waals surface area contributed by atoms with E-state index in [0.717, 1.165) is 16.9 Å². The number of fused-ring (bicyclic) bond motifs is 1. The van der Waals surface area contributed by atoms with Crippen LogP contribution in [0.3, 0.4) is 0 Å². The van der Waals surface area contributed by atoms with E-state index in [1.54, 1.807) is 6.07 Å². The first-order valence-corrected chi connectivity index (χ1v) is 12.7. The van der Waals surface area contributed by atoms with Crippen LogP contribution in [0.5, 0.6) is 5.75 Å². The zero-order chi connectivity index (χ0) is 25.8. The van der Waals surface area contributed by atoms with Crippen molar-refractivity contribution in [3.8, 4) is 28.1 Å². The molecule has 5 rings (SSSR count). The molecule has 2 aromatic heterocycles. The summed E-state index contributed by atoms with van der Waals surface area (Å²) in [7, 11) is 1.33. The molecule has 0 aliphatic heterocycles. The molecule has 0 bridgehead atoms. The van der Waals surface area contributed by atoms with Crippen LogP contribution in [0, 0.1) is 0 Å². The maximum atomic E-state index is 13.7. The van der Waals surface area contributed by atoms with Crippen molar-refractivity contribution in [3.05, 3.63) is 101 Å². The Morgan fingerprint density at radius 2 is 1.65 bits per heavy atom. The summed E-state index contributed by atoms with van der Waals surface area (Å²) in [6.45, 7) is 2.52. The number of ether oxygens (including phenoxy) is 2. The number of nitrogens with one attached hydrogen (secondary N) is 1. The largest absolute Gasteiger partial charge is 0.494 e. The van der Waals surface area contributed by atoms with Crippen LogP contribution in [0.15, 0.2) is 90.3 Å². The molecular weight excluding hydrogens is 484 g/mol. The van der Waals surface area contributed by atoms with Crippen LogP contribution in [0.2, 0.25) is 0 Å². The smallest absolute Gasteiger partial charge is 0.341 e. The average molecular weight is 509 g/mol. The topological polar surface area (TPSA) is 77.5 Å². The first-order chi connectivity index (χ1) is 18.1. The zero-order valence-electron chi connectivity index (χ0n) is 20.4. The number of methoxy groups -OCH3 is 1. The minimum atomic E-state index is -0.509. The number of amides is 1. The van der Waals surface area contributed by atoms with Crippen molar-refractivity contribution >= 4 is 39.1 Å². The zero-order valence-corrected chi connectivity index (χ0v) is 21.2. The van der Waals surface area contributed by atoms with Gasteiger partial charge in [-0.2, -0.15) is 0 Å². The number of nitrogens with zero attached hydrogens (tertiary/aromatic N) is 1. The number of benzene rings is 3. The number of hydrogen-bond donors (Lipinski definition) is 1. The minimum absolute atomic E-state index is 0.331. The summed E-state index contributed by atoms with van der Waals surface area (Å²) < 4.78 is 10.6. The highest BCUT2D eigenvalue weighted by atomic mass is 32.1. The molecule has 0 radical (unpaired) electrons. The van der Waals surface area contributed by atoms with Crippen LogP contribution in [-0.4, -0.2) is 30.6 Å². The van der Waals surface area contributed by atoms with Gasteiger partial charge in [0.1, 0.15) is 16.3 Å². The van der Waals surface area contributed by atoms with Crippen molar-refractivity contribution in [1.29, 1.82) is 0 Å². The first kappa shape index (κ1) is 24.2. The molecule has 7 heteroatoms. The summed E-state index contributed by atoms with van der Waals surface area (Å²) in [5.74, 6) is -0.0743. The SMILES string of the molecule is CCOc1ccc(-c2cc(C(=O)Nc3scc(-c4ccccc4)c3C(=O)OC)c3ccccc3n2)cc1. The van der Waals surface area contributed by atoms with Crippen LogP contribution < -0.4 is 10.1 Å². The quantitative estimate of drug-likeness (QED) is 0.238. The lowest BCUT2D eigenvalue weighted by Gasteiger charge is -2.12. The average Bonchev–Trinajstić information content (AvgIpc) is 3.36. The molecular formula is C30H24N2O4S. The number of pyridine rings is 1. The van der Waals surface area contributed by atoms with Crippen molar-refractivity contribution < 1.29 is 19.1 Å². The minimum Gasteiger partial charge on any atom is -0.494 e. The molecule has 37 heavy (non-hydrogen) atoms. The number of aromatic nitrogens is 1. The van der Waals surface area contributed by atoms with E-state index in [1.807, 2.05) is 91.2 Å². The second kappa shape index (κ2) is 10.6. The normalized spacial score (nSPS) is 10.8. The third kappa shape index (κ3) is 4.94. The lowest BCUT2D eigenvalue weighted by atomic mass is 10.0. The van der Waals surface area contributed by atoms with E-state index < -0.39 is 5.97 Å². The standard InChI is InChI=1S/C30H24N2O4S/c1-3-36-21-15-13-20(14-16-21)26-17-23(22-11-7-8-12-25(22)31-26)28(33)32-29-27(30(34)35-2)24(18-37-29)19-9-5-4-6-10-19/h4-18H,3H2,1-2H3,(H,32,33). The summed E-state index contributed by atoms with van der Waals surface area (Å²) in [5.41, 5.74) is 4.59. The van der Waals surface area contributed by atoms with Crippen molar-refractivity contribution in [1.82, 2.24) is 4.98 Å². The molecule has 0 fully saturated rings. The van der Waals surface area contributed by atoms with Crippen molar-refractivity contribution in [2.45, 2.75) is 6.92 Å². The third-order valence-electron chi connectivity index (χ3n) is 5.91. The highest BCUT2D eigenvalue weighted by Crippen LogP contribution is 2.37. The summed E-state index contributed by atoms with van der Waals surface area (Å²) in [6, 6.07) is 26.4. The Bertz CT molecular complexity index is 1580. The van der Waals surface area contributed by atoms with E-state index in [0.29, 0.717) is 44.9 Å². The Morgan fingerprint density at radius 1 is 0.919 bits per heavy atom. The molecule has 0 saturated carbocycles. The van der Waals surface area contributed by atoms with Gasteiger partial charge in [-0.3, -0.25) is 4.79 Å². The summed E-state index contributed by atoms with van der Waals surface area (Å²) >= 11 is 1.29. The summed E-state index contributed by atoms with van der Waals surface area (Å²) in [6.07, 6.45) is 0. The van der Waals surface area contributed by atoms with Crippen molar-refractivity contribution in [2.24, 2.45) is 0 Å². The van der Waals surface area contributed by atoms with Gasteiger partial charge in [-0.1, -0.05) is 48.5 Å². The van der Waals surface area contributed by atoms with Gasteiger partial charge in [-0.05, 0) is 48.9 Å². The Hall–Kier alpha value is -4.49. The monoisotopic (exact) mass is 508 g/mol. The van der Waals surface area contributed by atoms with Gasteiger partial charge in [0.2, 0.25) is 0 Å². The molecule has 0 unspecified atom stereocenters. The van der Waals surface area contributed by atoms with E-state index in [4.69, 9.17) is 14.5 Å². The lowest BCUT2D eigenvalue weighted by Crippen LogP contribution is -2.15. The molecule has 0 saturated heterocycles. The van der Waals surface area contributed by atoms with Gasteiger partial charge >= 0.3 is 5.97 Å². The third-order valence-corrected chi connectivity index (χ3v) is 6.81. The fraction of sp³-hybridized carbons (Fsp3) is 0.100. The van der Waals surface area contributed by atoms with Crippen LogP contribution in [0.25, 0.3) is 33.3 Å². The van der Waals surface area contributed by atoms with Gasteiger partial charge in [0.05, 0.1) is 30.5 Å². The van der Waals surface area contributed by atoms with Crippen LogP contribution in [0.4, 0.5) is 5.00 Å². The molecule has 3 aromatic carbocycles. The number of carbonyl (C=O) groups is 2. The van der Waals surface area contributed by atoms with Gasteiger partial charge in [0.25, 0.3) is 5.91 Å². The number of anilines is 1. The maximum Gasteiger partial charge on any atom is 0.341 e. The van der Waals surface area contributed by atoms with E-state index in [-0.39, 0.29) is 5.91 Å². The Morgan fingerprint density at radius 3 is 2.38 bits per heavy atom. The van der Waals surface area contributed by atoms with Gasteiger partial charge in [-0.25, -0.2) is 9.78 Å². The van der Waals surface area contributed by atoms with Crippen LogP contribution >= 0.6 is 11.3 Å². The molecule has 5 aromatic rings. The highest BCUT2D eigenvalue weighted by Gasteiger charge is 2.23. The van der Waals surface area contributed by atoms with Crippen molar-refractivity contribution in [2.75, 3.05) is 19.0 Å². The Labute approximate surface area is 218 Å². The molecule has 0 atom stereocenters. The molecule has 0 aliphatic carbocycles. The number of carbonyl (C=O) groups excluding carboxylic acids is 2. The van der Waals surface area contributed by atoms with E-state index in [1.165, 1.54) is 18.4 Å². The predicted molar refractivity (Wildman–Crippen MR) is 147 cm³/mol. The highest BCUT2D eigenvalue weighted by molar-refractivity contribution is 7.15. The fourth-order valence-electron chi connectivity index (χ4n) is 4.15. The molecule has 1 N–H and O–H groups in total. The van der Waals surface area contributed by atoms with Crippen LogP contribution in [0.1, 0.15) is 27.6 Å². The van der Waals surface area contributed by atoms with Crippen molar-refractivity contribution in [3.63, 3.8) is 0 Å². The number of hydrogen-bond acceptors (Lipinski definition) is 6. The van der Waals surface area contributed by atoms with E-state index in [9.17, 15) is 9.59 Å². The summed E-state index contributed by atoms with van der Waals surface area (Å²) in [5, 5.41) is 5.96. The van der Waals surface area contributed by atoms with Gasteiger partial charge in [0.15, 0.2) is 0 Å². The Kier molecular flexibility index (Phi) is 6.96. The number of esters is 1. The Balaban J connectivity index is 1.55. The second-order valence-electron chi connectivity index (χ2n) is 8.19. The molecule has 6 nitrogen and oxygen atoms in total. The lowest BCUT2D eigenvalue weighted by molar-refractivity contribution is 0.0603. The molecule has 0 spiro atoms. The first-order valence-electron chi connectivity index (χ1n) is 11.8. The predicted octanol–water partition coefficient (Wildman–Crippen LogP) is 7.07. The van der Waals surface area contributed by atoms with E-state index >= 15 is 0 Å². The number of thiophene rings is 1. The number of para-hydroxylation sites is 1. The molecule has 184 valence electrons. The second-order valence-corrected chi connectivity index (χ2v) is 9.07. The molecule has 2 heterocycles. The summed E-state index contributed by atoms with van der Waals surface area (Å²) in [4.78, 5) is 31.2. The van der Waals surface area contributed by atoms with E-state index in [2.05, 4.69) is 5.32 Å². The van der Waals surface area contributed by atoms with Gasteiger partial charge in [-0.15, -0.1) is 11.3 Å². The van der Waals surface area contributed by atoms with Gasteiger partial charge in [0, 0.05) is 21.9 Å². The number of rotatable bonds is 7. The fourth-order valence-corrected chi connectivity index (χ4v) is 5.11. The molecule has 1 amide bonds. The van der Waals surface area contributed by atoms with Crippen LogP contribution in [-0.2, 0) is 4.74 Å². The maximum absolute atomic E-state index is 13.7. The van der Waals surface area contributed by atoms with Gasteiger partial charge < -0.3 is 14.8 Å².